The van der Waals surface area contributed by atoms with Crippen LogP contribution in [0.3, 0.4) is 0 Å². The number of hydrogen-bond acceptors (Lipinski definition) is 6. The third-order valence-electron chi connectivity index (χ3n) is 5.08. The lowest BCUT2D eigenvalue weighted by atomic mass is 10.2. The molecule has 33 heavy (non-hydrogen) atoms. The molecule has 172 valence electrons. The molecule has 10 heteroatoms. The Morgan fingerprint density at radius 3 is 2.52 bits per heavy atom. The summed E-state index contributed by atoms with van der Waals surface area (Å²) < 4.78 is 44.3. The molecule has 0 saturated carbocycles. The lowest BCUT2D eigenvalue weighted by molar-refractivity contribution is -0.122. The first-order valence-corrected chi connectivity index (χ1v) is 11.7. The Bertz CT molecular complexity index is 1280. The van der Waals surface area contributed by atoms with Crippen LogP contribution in [0, 0.1) is 0 Å². The summed E-state index contributed by atoms with van der Waals surface area (Å²) in [5, 5.41) is 3.09. The minimum Gasteiger partial charge on any atom is -0.497 e. The molecular formula is C23H21ClN2O6S. The zero-order chi connectivity index (χ0) is 23.6. The summed E-state index contributed by atoms with van der Waals surface area (Å²) in [6, 6.07) is 17.5. The highest BCUT2D eigenvalue weighted by atomic mass is 35.5. The molecule has 0 saturated heterocycles. The van der Waals surface area contributed by atoms with Gasteiger partial charge in [-0.2, -0.15) is 0 Å². The number of halogens is 1. The quantitative estimate of drug-likeness (QED) is 0.564. The Labute approximate surface area is 196 Å². The topological polar surface area (TPSA) is 94.2 Å². The van der Waals surface area contributed by atoms with E-state index in [-0.39, 0.29) is 22.9 Å². The van der Waals surface area contributed by atoms with Crippen molar-refractivity contribution in [2.45, 2.75) is 11.0 Å². The predicted octanol–water partition coefficient (Wildman–Crippen LogP) is 3.95. The van der Waals surface area contributed by atoms with Crippen LogP contribution in [0.2, 0.25) is 5.02 Å². The zero-order valence-corrected chi connectivity index (χ0v) is 19.4. The van der Waals surface area contributed by atoms with Crippen molar-refractivity contribution in [1.29, 1.82) is 0 Å². The number of sulfonamides is 1. The number of methoxy groups -OCH3 is 2. The number of carbonyl (C=O) groups is 1. The van der Waals surface area contributed by atoms with Gasteiger partial charge in [-0.25, -0.2) is 8.42 Å². The molecule has 1 aliphatic heterocycles. The Kier molecular flexibility index (Phi) is 6.35. The molecule has 0 aromatic heterocycles. The maximum atomic E-state index is 13.4. The van der Waals surface area contributed by atoms with Gasteiger partial charge < -0.3 is 19.5 Å². The standard InChI is InChI=1S/C23H21ClN2O6S/c1-30-16-9-10-18(21(13-16)31-2)25-23(27)22-14-26(19-12-15(24)8-11-20(19)32-22)33(28,29)17-6-4-3-5-7-17/h3-13,22H,14H2,1-2H3,(H,25,27). The zero-order valence-electron chi connectivity index (χ0n) is 17.8. The first-order chi connectivity index (χ1) is 15.8. The third kappa shape index (κ3) is 4.55. The number of nitrogens with zero attached hydrogens (tertiary/aromatic N) is 1. The molecule has 3 aromatic rings. The predicted molar refractivity (Wildman–Crippen MR) is 125 cm³/mol. The summed E-state index contributed by atoms with van der Waals surface area (Å²) in [6.45, 7) is -0.241. The van der Waals surface area contributed by atoms with E-state index in [0.717, 1.165) is 4.31 Å². The number of hydrogen-bond donors (Lipinski definition) is 1. The summed E-state index contributed by atoms with van der Waals surface area (Å²) in [5.74, 6) is 0.642. The number of amides is 1. The Balaban J connectivity index is 1.67. The van der Waals surface area contributed by atoms with Crippen molar-refractivity contribution in [2.75, 3.05) is 30.4 Å². The number of anilines is 2. The Morgan fingerprint density at radius 1 is 1.06 bits per heavy atom. The van der Waals surface area contributed by atoms with Crippen LogP contribution in [0.15, 0.2) is 71.6 Å². The van der Waals surface area contributed by atoms with Crippen molar-refractivity contribution in [3.63, 3.8) is 0 Å². The maximum absolute atomic E-state index is 13.4. The van der Waals surface area contributed by atoms with Gasteiger partial charge in [-0.05, 0) is 42.5 Å². The second kappa shape index (κ2) is 9.21. The molecule has 8 nitrogen and oxygen atoms in total. The van der Waals surface area contributed by atoms with Gasteiger partial charge in [0.05, 0.1) is 37.0 Å². The van der Waals surface area contributed by atoms with E-state index in [0.29, 0.717) is 22.2 Å². The summed E-state index contributed by atoms with van der Waals surface area (Å²) >= 11 is 6.12. The van der Waals surface area contributed by atoms with Gasteiger partial charge in [0.25, 0.3) is 15.9 Å². The summed E-state index contributed by atoms with van der Waals surface area (Å²) in [6.07, 6.45) is -1.12. The van der Waals surface area contributed by atoms with E-state index in [9.17, 15) is 13.2 Å². The first-order valence-electron chi connectivity index (χ1n) is 9.90. The fourth-order valence-electron chi connectivity index (χ4n) is 3.42. The minimum atomic E-state index is -3.98. The monoisotopic (exact) mass is 488 g/mol. The molecular weight excluding hydrogens is 468 g/mol. The van der Waals surface area contributed by atoms with Crippen LogP contribution in [0.4, 0.5) is 11.4 Å². The van der Waals surface area contributed by atoms with Gasteiger partial charge in [0.1, 0.15) is 17.2 Å². The average Bonchev–Trinajstić information content (AvgIpc) is 2.84. The number of carbonyl (C=O) groups excluding carboxylic acids is 1. The van der Waals surface area contributed by atoms with E-state index in [2.05, 4.69) is 5.32 Å². The van der Waals surface area contributed by atoms with Crippen LogP contribution >= 0.6 is 11.6 Å². The minimum absolute atomic E-state index is 0.0915. The van der Waals surface area contributed by atoms with Gasteiger partial charge in [-0.3, -0.25) is 9.10 Å². The molecule has 0 fully saturated rings. The van der Waals surface area contributed by atoms with Gasteiger partial charge >= 0.3 is 0 Å². The molecule has 0 spiro atoms. The largest absolute Gasteiger partial charge is 0.497 e. The second-order valence-corrected chi connectivity index (χ2v) is 9.42. The van der Waals surface area contributed by atoms with Gasteiger partial charge in [0.2, 0.25) is 0 Å². The molecule has 4 rings (SSSR count). The van der Waals surface area contributed by atoms with Crippen LogP contribution in [0.5, 0.6) is 17.2 Å². The van der Waals surface area contributed by atoms with Gasteiger partial charge in [-0.15, -0.1) is 0 Å². The van der Waals surface area contributed by atoms with Crippen molar-refractivity contribution < 1.29 is 27.4 Å². The molecule has 1 aliphatic rings. The molecule has 1 heterocycles. The Morgan fingerprint density at radius 2 is 1.82 bits per heavy atom. The van der Waals surface area contributed by atoms with E-state index < -0.39 is 22.0 Å². The van der Waals surface area contributed by atoms with E-state index in [1.54, 1.807) is 48.5 Å². The molecule has 0 radical (unpaired) electrons. The van der Waals surface area contributed by atoms with Crippen LogP contribution in [-0.4, -0.2) is 41.2 Å². The van der Waals surface area contributed by atoms with E-state index >= 15 is 0 Å². The van der Waals surface area contributed by atoms with Gasteiger partial charge in [-0.1, -0.05) is 29.8 Å². The lowest BCUT2D eigenvalue weighted by Crippen LogP contribution is -2.48. The first kappa shape index (κ1) is 22.8. The maximum Gasteiger partial charge on any atom is 0.267 e. The lowest BCUT2D eigenvalue weighted by Gasteiger charge is -2.35. The molecule has 1 atom stereocenters. The van der Waals surface area contributed by atoms with Crippen molar-refractivity contribution >= 4 is 38.9 Å². The fourth-order valence-corrected chi connectivity index (χ4v) is 5.08. The van der Waals surface area contributed by atoms with Gasteiger partial charge in [0, 0.05) is 11.1 Å². The second-order valence-electron chi connectivity index (χ2n) is 7.12. The number of rotatable bonds is 6. The van der Waals surface area contributed by atoms with E-state index in [1.807, 2.05) is 0 Å². The van der Waals surface area contributed by atoms with Crippen molar-refractivity contribution in [3.05, 3.63) is 71.8 Å². The number of benzene rings is 3. The van der Waals surface area contributed by atoms with Crippen molar-refractivity contribution in [1.82, 2.24) is 0 Å². The molecule has 0 bridgehead atoms. The molecule has 0 aliphatic carbocycles. The number of ether oxygens (including phenoxy) is 3. The highest BCUT2D eigenvalue weighted by Crippen LogP contribution is 2.39. The average molecular weight is 489 g/mol. The number of fused-ring (bicyclic) bond motifs is 1. The SMILES string of the molecule is COc1ccc(NC(=O)C2CN(S(=O)(=O)c3ccccc3)c3cc(Cl)ccc3O2)c(OC)c1. The highest BCUT2D eigenvalue weighted by Gasteiger charge is 2.38. The summed E-state index contributed by atoms with van der Waals surface area (Å²) in [7, 11) is -0.990. The third-order valence-corrected chi connectivity index (χ3v) is 7.11. The Hall–Kier alpha value is -3.43. The van der Waals surface area contributed by atoms with Crippen LogP contribution < -0.4 is 23.8 Å². The normalized spacial score (nSPS) is 15.2. The van der Waals surface area contributed by atoms with E-state index in [1.165, 1.54) is 32.4 Å². The van der Waals surface area contributed by atoms with Crippen LogP contribution in [-0.2, 0) is 14.8 Å². The molecule has 1 amide bonds. The summed E-state index contributed by atoms with van der Waals surface area (Å²) in [4.78, 5) is 13.2. The summed E-state index contributed by atoms with van der Waals surface area (Å²) in [5.41, 5.74) is 0.656. The fraction of sp³-hybridized carbons (Fsp3) is 0.174. The van der Waals surface area contributed by atoms with Crippen LogP contribution in [0.25, 0.3) is 0 Å². The smallest absolute Gasteiger partial charge is 0.267 e. The van der Waals surface area contributed by atoms with Crippen molar-refractivity contribution in [3.8, 4) is 17.2 Å². The number of nitrogens with one attached hydrogen (secondary N) is 1. The molecule has 3 aromatic carbocycles. The van der Waals surface area contributed by atoms with Crippen molar-refractivity contribution in [2.24, 2.45) is 0 Å². The molecule has 1 unspecified atom stereocenters. The van der Waals surface area contributed by atoms with Gasteiger partial charge in [0.15, 0.2) is 6.10 Å². The molecule has 1 N–H and O–H groups in total. The highest BCUT2D eigenvalue weighted by molar-refractivity contribution is 7.92. The van der Waals surface area contributed by atoms with Crippen LogP contribution in [0.1, 0.15) is 0 Å². The van der Waals surface area contributed by atoms with E-state index in [4.69, 9.17) is 25.8 Å².